The maximum Gasteiger partial charge on any atom is 0.328 e. The lowest BCUT2D eigenvalue weighted by Crippen LogP contribution is -2.43. The normalized spacial score (nSPS) is 12.3. The van der Waals surface area contributed by atoms with Crippen molar-refractivity contribution in [2.24, 2.45) is 0 Å². The Morgan fingerprint density at radius 1 is 1.04 bits per heavy atom. The van der Waals surface area contributed by atoms with E-state index in [0.29, 0.717) is 12.0 Å². The second kappa shape index (κ2) is 8.66. The fraction of sp³-hybridized carbons (Fsp3) is 0.333. The summed E-state index contributed by atoms with van der Waals surface area (Å²) in [5.41, 5.74) is 2.66. The van der Waals surface area contributed by atoms with Crippen LogP contribution in [0.2, 0.25) is 0 Å². The van der Waals surface area contributed by atoms with E-state index in [2.05, 4.69) is 48.7 Å². The van der Waals surface area contributed by atoms with E-state index in [1.54, 1.807) is 12.1 Å². The molecule has 0 spiro atoms. The Bertz CT molecular complexity index is 761. The number of methoxy groups -OCH3 is 1. The summed E-state index contributed by atoms with van der Waals surface area (Å²) in [5, 5.41) is 2.79. The number of hydrogen-bond donors (Lipinski definition) is 1. The summed E-state index contributed by atoms with van der Waals surface area (Å²) in [7, 11) is 1.33. The van der Waals surface area contributed by atoms with Crippen LogP contribution in [0, 0.1) is 3.57 Å². The van der Waals surface area contributed by atoms with Gasteiger partial charge in [0.15, 0.2) is 0 Å². The van der Waals surface area contributed by atoms with Gasteiger partial charge in [0.25, 0.3) is 5.91 Å². The van der Waals surface area contributed by atoms with Crippen LogP contribution in [-0.2, 0) is 21.4 Å². The number of benzene rings is 2. The summed E-state index contributed by atoms with van der Waals surface area (Å²) in [4.78, 5) is 24.7. The average molecular weight is 465 g/mol. The number of rotatable bonds is 5. The van der Waals surface area contributed by atoms with Crippen molar-refractivity contribution >= 4 is 34.5 Å². The van der Waals surface area contributed by atoms with E-state index >= 15 is 0 Å². The van der Waals surface area contributed by atoms with Gasteiger partial charge in [-0.05, 0) is 63.4 Å². The number of nitrogens with one attached hydrogen (secondary N) is 1. The van der Waals surface area contributed by atoms with Gasteiger partial charge in [-0.2, -0.15) is 0 Å². The molecule has 0 fully saturated rings. The molecule has 0 bridgehead atoms. The number of amides is 1. The molecule has 0 aliphatic carbocycles. The highest BCUT2D eigenvalue weighted by molar-refractivity contribution is 14.1. The van der Waals surface area contributed by atoms with E-state index in [1.165, 1.54) is 7.11 Å². The first-order valence-electron chi connectivity index (χ1n) is 8.44. The molecule has 2 aromatic rings. The van der Waals surface area contributed by atoms with Crippen LogP contribution in [0.3, 0.4) is 0 Å². The molecule has 2 aromatic carbocycles. The Morgan fingerprint density at radius 2 is 1.62 bits per heavy atom. The zero-order chi connectivity index (χ0) is 19.3. The molecule has 5 heteroatoms. The fourth-order valence-electron chi connectivity index (χ4n) is 2.55. The van der Waals surface area contributed by atoms with Gasteiger partial charge in [0.05, 0.1) is 7.11 Å². The van der Waals surface area contributed by atoms with Gasteiger partial charge in [0.2, 0.25) is 0 Å². The molecule has 2 rings (SSSR count). The maximum atomic E-state index is 12.6. The Hall–Kier alpha value is -1.89. The van der Waals surface area contributed by atoms with Crippen LogP contribution < -0.4 is 5.32 Å². The molecule has 1 N–H and O–H groups in total. The SMILES string of the molecule is COC(=O)[C@H](Cc1ccc(I)cc1)NC(=O)c1ccc(C(C)(C)C)cc1. The summed E-state index contributed by atoms with van der Waals surface area (Å²) in [6.45, 7) is 6.36. The Morgan fingerprint density at radius 3 is 2.12 bits per heavy atom. The van der Waals surface area contributed by atoms with Gasteiger partial charge in [-0.1, -0.05) is 45.0 Å². The molecule has 0 aromatic heterocycles. The van der Waals surface area contributed by atoms with Gasteiger partial charge in [0, 0.05) is 15.6 Å². The highest BCUT2D eigenvalue weighted by Crippen LogP contribution is 2.22. The molecule has 1 atom stereocenters. The molecule has 26 heavy (non-hydrogen) atoms. The van der Waals surface area contributed by atoms with Crippen molar-refractivity contribution in [2.45, 2.75) is 38.6 Å². The van der Waals surface area contributed by atoms with E-state index in [4.69, 9.17) is 4.74 Å². The van der Waals surface area contributed by atoms with Crippen LogP contribution in [0.5, 0.6) is 0 Å². The van der Waals surface area contributed by atoms with Crippen molar-refractivity contribution in [2.75, 3.05) is 7.11 Å². The molecule has 0 unspecified atom stereocenters. The number of ether oxygens (including phenoxy) is 1. The molecule has 0 saturated heterocycles. The van der Waals surface area contributed by atoms with Crippen molar-refractivity contribution in [3.8, 4) is 0 Å². The Labute approximate surface area is 168 Å². The molecule has 1 amide bonds. The molecule has 0 radical (unpaired) electrons. The number of carbonyl (C=O) groups is 2. The smallest absolute Gasteiger partial charge is 0.328 e. The van der Waals surface area contributed by atoms with Crippen LogP contribution >= 0.6 is 22.6 Å². The van der Waals surface area contributed by atoms with Crippen molar-refractivity contribution < 1.29 is 14.3 Å². The zero-order valence-electron chi connectivity index (χ0n) is 15.5. The lowest BCUT2D eigenvalue weighted by Gasteiger charge is -2.20. The molecule has 0 heterocycles. The molecule has 138 valence electrons. The van der Waals surface area contributed by atoms with Gasteiger partial charge in [-0.15, -0.1) is 0 Å². The number of esters is 1. The van der Waals surface area contributed by atoms with Gasteiger partial charge < -0.3 is 10.1 Å². The van der Waals surface area contributed by atoms with E-state index in [0.717, 1.165) is 14.7 Å². The summed E-state index contributed by atoms with van der Waals surface area (Å²) >= 11 is 2.23. The third-order valence-electron chi connectivity index (χ3n) is 4.16. The topological polar surface area (TPSA) is 55.4 Å². The van der Waals surface area contributed by atoms with Crippen LogP contribution in [0.1, 0.15) is 42.3 Å². The second-order valence-electron chi connectivity index (χ2n) is 7.21. The first-order chi connectivity index (χ1) is 12.2. The summed E-state index contributed by atoms with van der Waals surface area (Å²) in [6.07, 6.45) is 0.384. The van der Waals surface area contributed by atoms with Gasteiger partial charge in [-0.3, -0.25) is 4.79 Å². The van der Waals surface area contributed by atoms with E-state index in [1.807, 2.05) is 36.4 Å². The number of halogens is 1. The fourth-order valence-corrected chi connectivity index (χ4v) is 2.91. The van der Waals surface area contributed by atoms with Gasteiger partial charge in [0.1, 0.15) is 6.04 Å². The van der Waals surface area contributed by atoms with Crippen molar-refractivity contribution in [1.29, 1.82) is 0 Å². The minimum Gasteiger partial charge on any atom is -0.467 e. The lowest BCUT2D eigenvalue weighted by molar-refractivity contribution is -0.142. The van der Waals surface area contributed by atoms with Gasteiger partial charge >= 0.3 is 5.97 Å². The predicted octanol–water partition coefficient (Wildman–Crippen LogP) is 4.10. The van der Waals surface area contributed by atoms with E-state index in [-0.39, 0.29) is 11.3 Å². The summed E-state index contributed by atoms with van der Waals surface area (Å²) in [5.74, 6) is -0.741. The molecular weight excluding hydrogens is 441 g/mol. The minimum absolute atomic E-state index is 0.0222. The lowest BCUT2D eigenvalue weighted by atomic mass is 9.86. The van der Waals surface area contributed by atoms with Gasteiger partial charge in [-0.25, -0.2) is 4.79 Å². The molecule has 0 aliphatic rings. The zero-order valence-corrected chi connectivity index (χ0v) is 17.7. The number of hydrogen-bond acceptors (Lipinski definition) is 3. The monoisotopic (exact) mass is 465 g/mol. The van der Waals surface area contributed by atoms with Crippen molar-refractivity contribution in [1.82, 2.24) is 5.32 Å². The summed E-state index contributed by atoms with van der Waals surface area (Å²) < 4.78 is 5.97. The quantitative estimate of drug-likeness (QED) is 0.535. The highest BCUT2D eigenvalue weighted by Gasteiger charge is 2.23. The molecule has 0 aliphatic heterocycles. The molecule has 0 saturated carbocycles. The van der Waals surface area contributed by atoms with Crippen LogP contribution in [0.25, 0.3) is 0 Å². The minimum atomic E-state index is -0.727. The van der Waals surface area contributed by atoms with Crippen LogP contribution in [-0.4, -0.2) is 25.0 Å². The second-order valence-corrected chi connectivity index (χ2v) is 8.45. The number of carbonyl (C=O) groups excluding carboxylic acids is 2. The van der Waals surface area contributed by atoms with Crippen molar-refractivity contribution in [3.05, 3.63) is 68.8 Å². The first kappa shape index (κ1) is 20.4. The van der Waals surface area contributed by atoms with Crippen LogP contribution in [0.4, 0.5) is 0 Å². The largest absolute Gasteiger partial charge is 0.467 e. The van der Waals surface area contributed by atoms with E-state index in [9.17, 15) is 9.59 Å². The standard InChI is InChI=1S/C21H24INO3/c1-21(2,3)16-9-7-15(8-10-16)19(24)23-18(20(25)26-4)13-14-5-11-17(22)12-6-14/h5-12,18H,13H2,1-4H3,(H,23,24)/t18-/m0/s1. The summed E-state index contributed by atoms with van der Waals surface area (Å²) in [6, 6.07) is 14.6. The third kappa shape index (κ3) is 5.56. The van der Waals surface area contributed by atoms with Crippen molar-refractivity contribution in [3.63, 3.8) is 0 Å². The molecular formula is C21H24INO3. The highest BCUT2D eigenvalue weighted by atomic mass is 127. The average Bonchev–Trinajstić information content (AvgIpc) is 2.61. The first-order valence-corrected chi connectivity index (χ1v) is 9.52. The Kier molecular flexibility index (Phi) is 6.81. The van der Waals surface area contributed by atoms with Crippen LogP contribution in [0.15, 0.2) is 48.5 Å². The third-order valence-corrected chi connectivity index (χ3v) is 4.88. The van der Waals surface area contributed by atoms with E-state index < -0.39 is 12.0 Å². The maximum absolute atomic E-state index is 12.6. The Balaban J connectivity index is 2.13. The molecule has 4 nitrogen and oxygen atoms in total. The predicted molar refractivity (Wildman–Crippen MR) is 111 cm³/mol.